The quantitative estimate of drug-likeness (QED) is 0.812. The van der Waals surface area contributed by atoms with E-state index in [-0.39, 0.29) is 5.91 Å². The van der Waals surface area contributed by atoms with Crippen molar-refractivity contribution in [3.8, 4) is 0 Å². The van der Waals surface area contributed by atoms with Gasteiger partial charge in [0.25, 0.3) is 0 Å². The van der Waals surface area contributed by atoms with Crippen LogP contribution in [0.2, 0.25) is 0 Å². The van der Waals surface area contributed by atoms with Crippen LogP contribution in [0.4, 0.5) is 17.5 Å². The van der Waals surface area contributed by atoms with Gasteiger partial charge in [0.2, 0.25) is 11.9 Å². The summed E-state index contributed by atoms with van der Waals surface area (Å²) in [4.78, 5) is 31.5. The second kappa shape index (κ2) is 7.77. The highest BCUT2D eigenvalue weighted by atomic mass is 16.5. The molecule has 1 amide bonds. The van der Waals surface area contributed by atoms with Crippen LogP contribution in [0.1, 0.15) is 17.3 Å². The number of hydrogen-bond acceptors (Lipinski definition) is 8. The average molecular weight is 356 g/mol. The summed E-state index contributed by atoms with van der Waals surface area (Å²) in [5.74, 6) is 0.586. The number of methoxy groups -OCH3 is 1. The first-order valence-electron chi connectivity index (χ1n) is 8.23. The second-order valence-corrected chi connectivity index (χ2v) is 5.80. The summed E-state index contributed by atoms with van der Waals surface area (Å²) < 4.78 is 4.80. The van der Waals surface area contributed by atoms with Crippen molar-refractivity contribution in [2.45, 2.75) is 6.92 Å². The summed E-state index contributed by atoms with van der Waals surface area (Å²) in [6.45, 7) is 4.10. The lowest BCUT2D eigenvalue weighted by molar-refractivity contribution is -0.129. The molecule has 1 aromatic heterocycles. The number of carbonyl (C=O) groups excluding carboxylic acids is 2. The van der Waals surface area contributed by atoms with Gasteiger partial charge in [-0.1, -0.05) is 12.1 Å². The molecular formula is C17H20N6O3. The first kappa shape index (κ1) is 17.6. The van der Waals surface area contributed by atoms with Crippen molar-refractivity contribution >= 4 is 29.3 Å². The molecule has 0 radical (unpaired) electrons. The zero-order valence-corrected chi connectivity index (χ0v) is 14.7. The van der Waals surface area contributed by atoms with Gasteiger partial charge < -0.3 is 19.9 Å². The molecule has 0 bridgehead atoms. The van der Waals surface area contributed by atoms with Gasteiger partial charge in [-0.2, -0.15) is 10.1 Å². The number of rotatable bonds is 4. The van der Waals surface area contributed by atoms with Crippen molar-refractivity contribution in [1.29, 1.82) is 0 Å². The maximum Gasteiger partial charge on any atom is 0.339 e. The predicted octanol–water partition coefficient (Wildman–Crippen LogP) is 1.07. The van der Waals surface area contributed by atoms with Gasteiger partial charge in [0.05, 0.1) is 24.6 Å². The van der Waals surface area contributed by atoms with E-state index < -0.39 is 5.97 Å². The number of anilines is 3. The fraction of sp³-hybridized carbons (Fsp3) is 0.353. The molecule has 0 atom stereocenters. The van der Waals surface area contributed by atoms with Crippen LogP contribution in [0.3, 0.4) is 0 Å². The molecule has 2 heterocycles. The molecule has 1 N–H and O–H groups in total. The van der Waals surface area contributed by atoms with Crippen LogP contribution >= 0.6 is 0 Å². The standard InChI is InChI=1S/C17H20N6O3/c1-12(24)22-7-9-23(10-8-22)17-20-15(11-18-21-17)19-14-6-4-3-5-13(14)16(25)26-2/h3-6,11H,7-10H2,1-2H3,(H,19,20,21). The van der Waals surface area contributed by atoms with E-state index in [4.69, 9.17) is 4.74 Å². The van der Waals surface area contributed by atoms with Gasteiger partial charge >= 0.3 is 5.97 Å². The Hall–Kier alpha value is -3.23. The molecular weight excluding hydrogens is 336 g/mol. The molecule has 1 saturated heterocycles. The number of amides is 1. The van der Waals surface area contributed by atoms with Crippen molar-refractivity contribution in [3.63, 3.8) is 0 Å². The van der Waals surface area contributed by atoms with E-state index in [1.807, 2.05) is 11.0 Å². The maximum atomic E-state index is 11.9. The molecule has 1 aliphatic heterocycles. The van der Waals surface area contributed by atoms with Crippen LogP contribution in [0.25, 0.3) is 0 Å². The highest BCUT2D eigenvalue weighted by molar-refractivity contribution is 5.96. The molecule has 0 spiro atoms. The second-order valence-electron chi connectivity index (χ2n) is 5.80. The number of carbonyl (C=O) groups is 2. The fourth-order valence-electron chi connectivity index (χ4n) is 2.73. The number of para-hydroxylation sites is 1. The minimum absolute atomic E-state index is 0.0681. The normalized spacial score (nSPS) is 14.1. The van der Waals surface area contributed by atoms with E-state index in [1.165, 1.54) is 13.3 Å². The predicted molar refractivity (Wildman–Crippen MR) is 95.4 cm³/mol. The van der Waals surface area contributed by atoms with Crippen LogP contribution in [-0.4, -0.2) is 65.2 Å². The van der Waals surface area contributed by atoms with E-state index in [1.54, 1.807) is 30.0 Å². The molecule has 1 aromatic carbocycles. The van der Waals surface area contributed by atoms with Crippen LogP contribution < -0.4 is 10.2 Å². The number of esters is 1. The molecule has 1 aliphatic rings. The topological polar surface area (TPSA) is 101 Å². The van der Waals surface area contributed by atoms with Crippen molar-refractivity contribution in [1.82, 2.24) is 20.1 Å². The Morgan fingerprint density at radius 3 is 2.58 bits per heavy atom. The molecule has 2 aromatic rings. The third-order valence-corrected chi connectivity index (χ3v) is 4.15. The first-order chi connectivity index (χ1) is 12.6. The largest absolute Gasteiger partial charge is 0.465 e. The third-order valence-electron chi connectivity index (χ3n) is 4.15. The zero-order valence-electron chi connectivity index (χ0n) is 14.7. The Bertz CT molecular complexity index is 805. The summed E-state index contributed by atoms with van der Waals surface area (Å²) in [5.41, 5.74) is 0.984. The zero-order chi connectivity index (χ0) is 18.5. The first-order valence-corrected chi connectivity index (χ1v) is 8.23. The molecule has 9 heteroatoms. The Morgan fingerprint density at radius 1 is 1.15 bits per heavy atom. The Kier molecular flexibility index (Phi) is 5.26. The molecule has 0 unspecified atom stereocenters. The van der Waals surface area contributed by atoms with Crippen molar-refractivity contribution in [2.75, 3.05) is 43.5 Å². The number of aromatic nitrogens is 3. The van der Waals surface area contributed by atoms with Crippen molar-refractivity contribution in [3.05, 3.63) is 36.0 Å². The Balaban J connectivity index is 1.75. The van der Waals surface area contributed by atoms with Crippen molar-refractivity contribution < 1.29 is 14.3 Å². The number of nitrogens with zero attached hydrogens (tertiary/aromatic N) is 5. The number of piperazine rings is 1. The summed E-state index contributed by atoms with van der Waals surface area (Å²) >= 11 is 0. The lowest BCUT2D eigenvalue weighted by atomic mass is 10.2. The summed E-state index contributed by atoms with van der Waals surface area (Å²) in [5, 5.41) is 11.2. The van der Waals surface area contributed by atoms with Gasteiger partial charge in [0.1, 0.15) is 0 Å². The van der Waals surface area contributed by atoms with Gasteiger partial charge in [-0.15, -0.1) is 5.10 Å². The molecule has 3 rings (SSSR count). The molecule has 1 fully saturated rings. The van der Waals surface area contributed by atoms with Gasteiger partial charge in [0, 0.05) is 33.1 Å². The smallest absolute Gasteiger partial charge is 0.339 e. The monoisotopic (exact) mass is 356 g/mol. The van der Waals surface area contributed by atoms with Crippen LogP contribution in [-0.2, 0) is 9.53 Å². The minimum atomic E-state index is -0.435. The highest BCUT2D eigenvalue weighted by Gasteiger charge is 2.21. The van der Waals surface area contributed by atoms with Gasteiger partial charge in [-0.05, 0) is 12.1 Å². The molecule has 0 saturated carbocycles. The number of nitrogens with one attached hydrogen (secondary N) is 1. The van der Waals surface area contributed by atoms with E-state index in [0.717, 1.165) is 0 Å². The lowest BCUT2D eigenvalue weighted by Gasteiger charge is -2.33. The maximum absolute atomic E-state index is 11.9. The van der Waals surface area contributed by atoms with Crippen LogP contribution in [0.15, 0.2) is 30.5 Å². The molecule has 26 heavy (non-hydrogen) atoms. The van der Waals surface area contributed by atoms with Gasteiger partial charge in [0.15, 0.2) is 5.82 Å². The van der Waals surface area contributed by atoms with E-state index >= 15 is 0 Å². The van der Waals surface area contributed by atoms with Crippen LogP contribution in [0, 0.1) is 0 Å². The molecule has 0 aliphatic carbocycles. The van der Waals surface area contributed by atoms with E-state index in [9.17, 15) is 9.59 Å². The Labute approximate surface area is 151 Å². The van der Waals surface area contributed by atoms with Gasteiger partial charge in [-0.3, -0.25) is 4.79 Å². The number of ether oxygens (including phenoxy) is 1. The van der Waals surface area contributed by atoms with E-state index in [0.29, 0.717) is 49.2 Å². The fourth-order valence-corrected chi connectivity index (χ4v) is 2.73. The Morgan fingerprint density at radius 2 is 1.88 bits per heavy atom. The summed E-state index contributed by atoms with van der Waals surface area (Å²) in [6.07, 6.45) is 1.49. The lowest BCUT2D eigenvalue weighted by Crippen LogP contribution is -2.48. The third kappa shape index (κ3) is 3.88. The summed E-state index contributed by atoms with van der Waals surface area (Å²) in [6, 6.07) is 7.01. The number of benzene rings is 1. The molecule has 9 nitrogen and oxygen atoms in total. The summed E-state index contributed by atoms with van der Waals surface area (Å²) in [7, 11) is 1.34. The van der Waals surface area contributed by atoms with E-state index in [2.05, 4.69) is 20.5 Å². The minimum Gasteiger partial charge on any atom is -0.465 e. The number of hydrogen-bond donors (Lipinski definition) is 1. The van der Waals surface area contributed by atoms with Crippen LogP contribution in [0.5, 0.6) is 0 Å². The highest BCUT2D eigenvalue weighted by Crippen LogP contribution is 2.21. The van der Waals surface area contributed by atoms with Crippen molar-refractivity contribution in [2.24, 2.45) is 0 Å². The SMILES string of the molecule is COC(=O)c1ccccc1Nc1cnnc(N2CCN(C(C)=O)CC2)n1. The van der Waals surface area contributed by atoms with Gasteiger partial charge in [-0.25, -0.2) is 4.79 Å². The average Bonchev–Trinajstić information content (AvgIpc) is 2.68. The molecule has 136 valence electrons.